The van der Waals surface area contributed by atoms with E-state index in [1.54, 1.807) is 0 Å². The van der Waals surface area contributed by atoms with Crippen LogP contribution in [0, 0.1) is 5.92 Å². The molecule has 0 spiro atoms. The molecule has 0 amide bonds. The van der Waals surface area contributed by atoms with Crippen LogP contribution in [0.5, 0.6) is 0 Å². The Hall–Kier alpha value is -0.120. The van der Waals surface area contributed by atoms with Crippen LogP contribution in [0.3, 0.4) is 0 Å². The number of hydrogen-bond acceptors (Lipinski definition) is 3. The van der Waals surface area contributed by atoms with Gasteiger partial charge in [0, 0.05) is 18.2 Å². The van der Waals surface area contributed by atoms with Crippen molar-refractivity contribution in [2.75, 3.05) is 33.4 Å². The SMILES string of the molecule is CNC(C1CCCOC1)C(C)(C)N1CCCCC1. The fraction of sp³-hybridized carbons (Fsp3) is 1.00. The van der Waals surface area contributed by atoms with Crippen LogP contribution in [0.1, 0.15) is 46.0 Å². The Balaban J connectivity index is 2.03. The molecule has 0 aromatic heterocycles. The predicted octanol–water partition coefficient (Wildman–Crippen LogP) is 2.27. The summed E-state index contributed by atoms with van der Waals surface area (Å²) in [5, 5.41) is 3.59. The van der Waals surface area contributed by atoms with Crippen LogP contribution < -0.4 is 5.32 Å². The van der Waals surface area contributed by atoms with Crippen molar-refractivity contribution in [3.63, 3.8) is 0 Å². The molecule has 2 aliphatic heterocycles. The van der Waals surface area contributed by atoms with Crippen LogP contribution in [0.25, 0.3) is 0 Å². The Morgan fingerprint density at radius 3 is 2.44 bits per heavy atom. The first-order valence-corrected chi connectivity index (χ1v) is 7.66. The highest BCUT2D eigenvalue weighted by Gasteiger charge is 2.39. The Morgan fingerprint density at radius 1 is 1.17 bits per heavy atom. The highest BCUT2D eigenvalue weighted by molar-refractivity contribution is 4.98. The maximum Gasteiger partial charge on any atom is 0.0509 e. The zero-order valence-corrected chi connectivity index (χ0v) is 12.4. The van der Waals surface area contributed by atoms with Gasteiger partial charge in [-0.05, 0) is 65.6 Å². The van der Waals surface area contributed by atoms with Crippen molar-refractivity contribution in [1.82, 2.24) is 10.2 Å². The molecule has 2 saturated heterocycles. The summed E-state index contributed by atoms with van der Waals surface area (Å²) in [7, 11) is 2.12. The molecule has 0 aromatic rings. The second-order valence-electron chi connectivity index (χ2n) is 6.44. The largest absolute Gasteiger partial charge is 0.381 e. The average molecular weight is 254 g/mol. The second kappa shape index (κ2) is 6.36. The Bertz CT molecular complexity index is 243. The second-order valence-corrected chi connectivity index (χ2v) is 6.44. The van der Waals surface area contributed by atoms with Crippen molar-refractivity contribution < 1.29 is 4.74 Å². The lowest BCUT2D eigenvalue weighted by Gasteiger charge is -2.49. The van der Waals surface area contributed by atoms with E-state index in [-0.39, 0.29) is 5.54 Å². The van der Waals surface area contributed by atoms with Gasteiger partial charge in [-0.3, -0.25) is 4.90 Å². The Kier molecular flexibility index (Phi) is 5.05. The number of likely N-dealkylation sites (N-methyl/N-ethyl adjacent to an activating group) is 1. The van der Waals surface area contributed by atoms with E-state index in [1.165, 1.54) is 45.2 Å². The van der Waals surface area contributed by atoms with E-state index < -0.39 is 0 Å². The van der Waals surface area contributed by atoms with Gasteiger partial charge in [0.1, 0.15) is 0 Å². The minimum atomic E-state index is 0.237. The van der Waals surface area contributed by atoms with Crippen LogP contribution in [0.2, 0.25) is 0 Å². The summed E-state index contributed by atoms with van der Waals surface area (Å²) in [6, 6.07) is 0.538. The van der Waals surface area contributed by atoms with Gasteiger partial charge in [0.25, 0.3) is 0 Å². The molecule has 0 aromatic carbocycles. The third kappa shape index (κ3) is 3.06. The number of rotatable bonds is 4. The normalized spacial score (nSPS) is 29.2. The maximum absolute atomic E-state index is 5.69. The van der Waals surface area contributed by atoms with Gasteiger partial charge in [-0.25, -0.2) is 0 Å². The summed E-state index contributed by atoms with van der Waals surface area (Å²) in [6.07, 6.45) is 6.66. The van der Waals surface area contributed by atoms with E-state index in [4.69, 9.17) is 4.74 Å². The molecule has 3 heteroatoms. The lowest BCUT2D eigenvalue weighted by atomic mass is 9.79. The highest BCUT2D eigenvalue weighted by atomic mass is 16.5. The molecule has 2 rings (SSSR count). The molecule has 106 valence electrons. The predicted molar refractivity (Wildman–Crippen MR) is 75.9 cm³/mol. The van der Waals surface area contributed by atoms with E-state index in [0.29, 0.717) is 12.0 Å². The standard InChI is InChI=1S/C15H30N2O/c1-15(2,17-9-5-4-6-10-17)14(16-3)13-8-7-11-18-12-13/h13-14,16H,4-12H2,1-3H3. The summed E-state index contributed by atoms with van der Waals surface area (Å²) in [5.41, 5.74) is 0.237. The van der Waals surface area contributed by atoms with Crippen molar-refractivity contribution in [1.29, 1.82) is 0 Å². The first-order chi connectivity index (χ1) is 8.66. The number of ether oxygens (including phenoxy) is 1. The van der Waals surface area contributed by atoms with E-state index in [1.807, 2.05) is 0 Å². The Labute approximate surface area is 112 Å². The van der Waals surface area contributed by atoms with E-state index in [9.17, 15) is 0 Å². The molecule has 2 aliphatic rings. The van der Waals surface area contributed by atoms with Crippen LogP contribution in [-0.2, 0) is 4.74 Å². The molecule has 0 bridgehead atoms. The first kappa shape index (κ1) is 14.3. The van der Waals surface area contributed by atoms with Crippen LogP contribution in [-0.4, -0.2) is 49.8 Å². The van der Waals surface area contributed by atoms with Crippen molar-refractivity contribution >= 4 is 0 Å². The third-order valence-electron chi connectivity index (χ3n) is 4.91. The lowest BCUT2D eigenvalue weighted by molar-refractivity contribution is -0.0117. The average Bonchev–Trinajstić information content (AvgIpc) is 2.41. The Morgan fingerprint density at radius 2 is 1.89 bits per heavy atom. The van der Waals surface area contributed by atoms with Gasteiger partial charge < -0.3 is 10.1 Å². The molecular formula is C15H30N2O. The first-order valence-electron chi connectivity index (χ1n) is 7.66. The molecule has 0 radical (unpaired) electrons. The fourth-order valence-corrected chi connectivity index (χ4v) is 3.86. The van der Waals surface area contributed by atoms with Crippen LogP contribution >= 0.6 is 0 Å². The van der Waals surface area contributed by atoms with Crippen LogP contribution in [0.15, 0.2) is 0 Å². The van der Waals surface area contributed by atoms with E-state index in [0.717, 1.165) is 13.2 Å². The van der Waals surface area contributed by atoms with Gasteiger partial charge in [-0.1, -0.05) is 6.42 Å². The van der Waals surface area contributed by atoms with Gasteiger partial charge in [0.15, 0.2) is 0 Å². The summed E-state index contributed by atoms with van der Waals surface area (Å²) >= 11 is 0. The van der Waals surface area contributed by atoms with Crippen molar-refractivity contribution in [3.8, 4) is 0 Å². The van der Waals surface area contributed by atoms with Crippen molar-refractivity contribution in [2.45, 2.75) is 57.5 Å². The molecule has 1 N–H and O–H groups in total. The molecule has 0 aliphatic carbocycles. The lowest BCUT2D eigenvalue weighted by Crippen LogP contribution is -2.61. The van der Waals surface area contributed by atoms with Gasteiger partial charge >= 0.3 is 0 Å². The zero-order chi connectivity index (χ0) is 13.0. The number of likely N-dealkylation sites (tertiary alicyclic amines) is 1. The molecular weight excluding hydrogens is 224 g/mol. The van der Waals surface area contributed by atoms with Crippen molar-refractivity contribution in [3.05, 3.63) is 0 Å². The van der Waals surface area contributed by atoms with Gasteiger partial charge in [-0.15, -0.1) is 0 Å². The molecule has 2 unspecified atom stereocenters. The fourth-order valence-electron chi connectivity index (χ4n) is 3.86. The summed E-state index contributed by atoms with van der Waals surface area (Å²) in [6.45, 7) is 9.24. The quantitative estimate of drug-likeness (QED) is 0.833. The molecule has 2 fully saturated rings. The van der Waals surface area contributed by atoms with Gasteiger partial charge in [0.2, 0.25) is 0 Å². The summed E-state index contributed by atoms with van der Waals surface area (Å²) in [5.74, 6) is 0.667. The summed E-state index contributed by atoms with van der Waals surface area (Å²) < 4.78 is 5.69. The number of nitrogens with zero attached hydrogens (tertiary/aromatic N) is 1. The molecule has 18 heavy (non-hydrogen) atoms. The van der Waals surface area contributed by atoms with Crippen molar-refractivity contribution in [2.24, 2.45) is 5.92 Å². The molecule has 0 saturated carbocycles. The van der Waals surface area contributed by atoms with Crippen LogP contribution in [0.4, 0.5) is 0 Å². The molecule has 2 atom stereocenters. The number of nitrogens with one attached hydrogen (secondary N) is 1. The molecule has 2 heterocycles. The molecule has 3 nitrogen and oxygen atoms in total. The third-order valence-corrected chi connectivity index (χ3v) is 4.91. The minimum Gasteiger partial charge on any atom is -0.381 e. The number of piperidine rings is 1. The topological polar surface area (TPSA) is 24.5 Å². The maximum atomic E-state index is 5.69. The smallest absolute Gasteiger partial charge is 0.0509 e. The van der Waals surface area contributed by atoms with E-state index in [2.05, 4.69) is 31.1 Å². The highest BCUT2D eigenvalue weighted by Crippen LogP contribution is 2.30. The monoisotopic (exact) mass is 254 g/mol. The summed E-state index contributed by atoms with van der Waals surface area (Å²) in [4.78, 5) is 2.69. The van der Waals surface area contributed by atoms with E-state index >= 15 is 0 Å². The minimum absolute atomic E-state index is 0.237. The van der Waals surface area contributed by atoms with Gasteiger partial charge in [0.05, 0.1) is 6.61 Å². The zero-order valence-electron chi connectivity index (χ0n) is 12.4. The van der Waals surface area contributed by atoms with Gasteiger partial charge in [-0.2, -0.15) is 0 Å². The number of hydrogen-bond donors (Lipinski definition) is 1.